The van der Waals surface area contributed by atoms with Crippen molar-refractivity contribution in [1.29, 1.82) is 0 Å². The lowest BCUT2D eigenvalue weighted by Gasteiger charge is -2.24. The number of esters is 1. The highest BCUT2D eigenvalue weighted by Gasteiger charge is 2.24. The Morgan fingerprint density at radius 1 is 0.426 bits per heavy atom. The Morgan fingerprint density at radius 3 is 1.15 bits per heavy atom. The Bertz CT molecular complexity index is 1160. The lowest BCUT2D eigenvalue weighted by atomic mass is 10.0. The molecule has 0 rings (SSSR count). The molecule has 6 nitrogen and oxygen atoms in total. The van der Waals surface area contributed by atoms with Crippen LogP contribution < -0.4 is 5.32 Å². The second kappa shape index (κ2) is 55.7. The van der Waals surface area contributed by atoms with Gasteiger partial charge in [0, 0.05) is 6.42 Å². The molecule has 0 aromatic rings. The van der Waals surface area contributed by atoms with Crippen LogP contribution in [-0.2, 0) is 14.3 Å². The Hall–Kier alpha value is -2.18. The number of hydrogen-bond acceptors (Lipinski definition) is 5. The highest BCUT2D eigenvalue weighted by atomic mass is 16.5. The Labute approximate surface area is 423 Å². The maximum Gasteiger partial charge on any atom is 0.306 e. The molecule has 0 saturated heterocycles. The lowest BCUT2D eigenvalue weighted by Crippen LogP contribution is -2.46. The van der Waals surface area contributed by atoms with Crippen LogP contribution in [0.3, 0.4) is 0 Å². The number of aliphatic hydroxyl groups excluding tert-OH is 2. The number of rotatable bonds is 54. The van der Waals surface area contributed by atoms with Crippen molar-refractivity contribution < 1.29 is 24.5 Å². The van der Waals surface area contributed by atoms with Gasteiger partial charge < -0.3 is 20.3 Å². The molecular weight excluding hydrogens is 839 g/mol. The van der Waals surface area contributed by atoms with Crippen molar-refractivity contribution in [2.24, 2.45) is 0 Å². The third-order valence-electron chi connectivity index (χ3n) is 13.6. The van der Waals surface area contributed by atoms with Crippen LogP contribution in [-0.4, -0.2) is 46.9 Å². The minimum absolute atomic E-state index is 0.0705. The molecule has 0 fully saturated rings. The lowest BCUT2D eigenvalue weighted by molar-refractivity contribution is -0.151. The number of aliphatic hydroxyl groups is 2. The second-order valence-corrected chi connectivity index (χ2v) is 20.4. The summed E-state index contributed by atoms with van der Waals surface area (Å²) >= 11 is 0. The molecule has 3 N–H and O–H groups in total. The smallest absolute Gasteiger partial charge is 0.306 e. The van der Waals surface area contributed by atoms with Crippen molar-refractivity contribution in [3.05, 3.63) is 48.6 Å². The fraction of sp³-hybridized carbons (Fsp3) is 0.839. The molecule has 0 radical (unpaired) electrons. The first-order valence-electron chi connectivity index (χ1n) is 29.9. The minimum atomic E-state index is -0.792. The molecule has 0 aliphatic heterocycles. The summed E-state index contributed by atoms with van der Waals surface area (Å²) in [5.74, 6) is -0.478. The predicted molar refractivity (Wildman–Crippen MR) is 296 cm³/mol. The molecule has 3 unspecified atom stereocenters. The number of amides is 1. The van der Waals surface area contributed by atoms with Gasteiger partial charge >= 0.3 is 5.97 Å². The number of carbonyl (C=O) groups excluding carboxylic acids is 2. The number of carbonyl (C=O) groups is 2. The van der Waals surface area contributed by atoms with Gasteiger partial charge in [-0.25, -0.2) is 0 Å². The Balaban J connectivity index is 4.57. The van der Waals surface area contributed by atoms with E-state index in [1.807, 2.05) is 0 Å². The highest BCUT2D eigenvalue weighted by molar-refractivity contribution is 5.77. The monoisotopic (exact) mass is 954 g/mol. The van der Waals surface area contributed by atoms with Gasteiger partial charge in [0.2, 0.25) is 5.91 Å². The van der Waals surface area contributed by atoms with E-state index in [9.17, 15) is 19.8 Å². The average Bonchev–Trinajstić information content (AvgIpc) is 3.33. The van der Waals surface area contributed by atoms with E-state index in [4.69, 9.17) is 4.74 Å². The summed E-state index contributed by atoms with van der Waals surface area (Å²) in [6.07, 6.45) is 68.8. The zero-order valence-corrected chi connectivity index (χ0v) is 45.5. The first-order chi connectivity index (χ1) is 33.5. The number of nitrogens with one attached hydrogen (secondary N) is 1. The maximum absolute atomic E-state index is 13.3. The van der Waals surface area contributed by atoms with Gasteiger partial charge in [-0.2, -0.15) is 0 Å². The minimum Gasteiger partial charge on any atom is -0.462 e. The van der Waals surface area contributed by atoms with Crippen molar-refractivity contribution >= 4 is 11.9 Å². The van der Waals surface area contributed by atoms with E-state index >= 15 is 0 Å². The molecule has 0 bridgehead atoms. The fourth-order valence-electron chi connectivity index (χ4n) is 9.08. The van der Waals surface area contributed by atoms with Crippen molar-refractivity contribution in [3.63, 3.8) is 0 Å². The average molecular weight is 955 g/mol. The summed E-state index contributed by atoms with van der Waals surface area (Å²) in [6, 6.07) is -0.707. The Morgan fingerprint density at radius 2 is 0.750 bits per heavy atom. The van der Waals surface area contributed by atoms with Gasteiger partial charge in [0.05, 0.1) is 25.2 Å². The molecule has 68 heavy (non-hydrogen) atoms. The fourth-order valence-corrected chi connectivity index (χ4v) is 9.08. The van der Waals surface area contributed by atoms with Crippen LogP contribution >= 0.6 is 0 Å². The summed E-state index contributed by atoms with van der Waals surface area (Å²) in [5.41, 5.74) is 0. The molecule has 6 heteroatoms. The zero-order valence-electron chi connectivity index (χ0n) is 45.5. The molecule has 0 aliphatic rings. The van der Waals surface area contributed by atoms with Crippen molar-refractivity contribution in [1.82, 2.24) is 5.32 Å². The van der Waals surface area contributed by atoms with Crippen LogP contribution in [0.25, 0.3) is 0 Å². The van der Waals surface area contributed by atoms with Crippen molar-refractivity contribution in [2.75, 3.05) is 6.61 Å². The molecule has 398 valence electrons. The first-order valence-corrected chi connectivity index (χ1v) is 29.9. The van der Waals surface area contributed by atoms with E-state index < -0.39 is 18.2 Å². The SMILES string of the molecule is CCCCC/C=C\C/C=C\CCCCCCCCCC(=O)OC(CCCCCCCCC/C=C\C/C=C\CCCCC)CC(=O)NC(CO)C(O)CCCCCCCCCCCCCCCCC. The van der Waals surface area contributed by atoms with Gasteiger partial charge in [0.15, 0.2) is 0 Å². The summed E-state index contributed by atoms with van der Waals surface area (Å²) in [6.45, 7) is 6.47. The molecule has 0 aromatic carbocycles. The molecule has 3 atom stereocenters. The van der Waals surface area contributed by atoms with Gasteiger partial charge in [0.1, 0.15) is 6.10 Å². The van der Waals surface area contributed by atoms with Crippen molar-refractivity contribution in [3.8, 4) is 0 Å². The van der Waals surface area contributed by atoms with E-state index in [-0.39, 0.29) is 24.9 Å². The molecule has 0 aliphatic carbocycles. The van der Waals surface area contributed by atoms with E-state index in [2.05, 4.69) is 74.7 Å². The normalized spacial score (nSPS) is 13.4. The van der Waals surface area contributed by atoms with Crippen LogP contribution in [0.15, 0.2) is 48.6 Å². The zero-order chi connectivity index (χ0) is 49.5. The van der Waals surface area contributed by atoms with E-state index in [0.717, 1.165) is 77.0 Å². The Kier molecular flexibility index (Phi) is 54.0. The predicted octanol–water partition coefficient (Wildman–Crippen LogP) is 18.6. The highest BCUT2D eigenvalue weighted by Crippen LogP contribution is 2.18. The summed E-state index contributed by atoms with van der Waals surface area (Å²) in [5, 5.41) is 23.9. The van der Waals surface area contributed by atoms with E-state index in [1.165, 1.54) is 186 Å². The molecule has 1 amide bonds. The summed E-state index contributed by atoms with van der Waals surface area (Å²) < 4.78 is 5.97. The van der Waals surface area contributed by atoms with Crippen molar-refractivity contribution in [2.45, 2.75) is 328 Å². The van der Waals surface area contributed by atoms with Gasteiger partial charge in [-0.3, -0.25) is 9.59 Å². The molecule has 0 saturated carbocycles. The van der Waals surface area contributed by atoms with Gasteiger partial charge in [-0.05, 0) is 89.9 Å². The number of hydrogen-bond donors (Lipinski definition) is 3. The number of unbranched alkanes of at least 4 members (excludes halogenated alkanes) is 34. The maximum atomic E-state index is 13.3. The third kappa shape index (κ3) is 50.2. The van der Waals surface area contributed by atoms with Gasteiger partial charge in [0.25, 0.3) is 0 Å². The van der Waals surface area contributed by atoms with E-state index in [1.54, 1.807) is 0 Å². The second-order valence-electron chi connectivity index (χ2n) is 20.4. The standard InChI is InChI=1S/C62H115NO5/c1-4-7-10-13-16-19-22-25-28-30-33-35-38-41-44-47-50-53-58(68-62(67)55-52-49-46-43-40-37-34-31-29-26-23-20-17-14-11-8-5-2)56-61(66)63-59(57-64)60(65)54-51-48-45-42-39-36-32-27-24-21-18-15-12-9-6-3/h16-17,19-20,25-26,28-29,58-60,64-65H,4-15,18,21-24,27,30-57H2,1-3H3,(H,63,66)/b19-16-,20-17-,28-25-,29-26-. The van der Waals surface area contributed by atoms with E-state index in [0.29, 0.717) is 19.3 Å². The van der Waals surface area contributed by atoms with Crippen LogP contribution in [0.1, 0.15) is 310 Å². The molecule has 0 heterocycles. The van der Waals surface area contributed by atoms with Crippen LogP contribution in [0, 0.1) is 0 Å². The van der Waals surface area contributed by atoms with Gasteiger partial charge in [-0.1, -0.05) is 256 Å². The molecular formula is C62H115NO5. The largest absolute Gasteiger partial charge is 0.462 e. The molecule has 0 aromatic heterocycles. The van der Waals surface area contributed by atoms with Crippen LogP contribution in [0.4, 0.5) is 0 Å². The number of ether oxygens (including phenoxy) is 1. The van der Waals surface area contributed by atoms with Crippen LogP contribution in [0.5, 0.6) is 0 Å². The topological polar surface area (TPSA) is 95.9 Å². The van der Waals surface area contributed by atoms with Gasteiger partial charge in [-0.15, -0.1) is 0 Å². The summed E-state index contributed by atoms with van der Waals surface area (Å²) in [7, 11) is 0. The third-order valence-corrected chi connectivity index (χ3v) is 13.6. The number of allylic oxidation sites excluding steroid dienone is 8. The quantitative estimate of drug-likeness (QED) is 0.0321. The van der Waals surface area contributed by atoms with Crippen LogP contribution in [0.2, 0.25) is 0 Å². The molecule has 0 spiro atoms. The first kappa shape index (κ1) is 65.8. The summed E-state index contributed by atoms with van der Waals surface area (Å²) in [4.78, 5) is 26.3.